The summed E-state index contributed by atoms with van der Waals surface area (Å²) in [5, 5.41) is 20.5. The third kappa shape index (κ3) is 7.65. The molecule has 0 aliphatic rings. The van der Waals surface area contributed by atoms with E-state index in [0.29, 0.717) is 13.0 Å². The van der Waals surface area contributed by atoms with Crippen molar-refractivity contribution < 1.29 is 15.0 Å². The fraction of sp³-hybridized carbons (Fsp3) is 0.917. The van der Waals surface area contributed by atoms with Crippen molar-refractivity contribution in [3.63, 3.8) is 0 Å². The van der Waals surface area contributed by atoms with Gasteiger partial charge in [-0.05, 0) is 26.2 Å². The SMILES string of the molecule is CCCCC(CCC(C)O)C(=O)NCCO. The van der Waals surface area contributed by atoms with Crippen molar-refractivity contribution in [1.82, 2.24) is 5.32 Å². The molecule has 0 bridgehead atoms. The van der Waals surface area contributed by atoms with Gasteiger partial charge < -0.3 is 15.5 Å². The fourth-order valence-electron chi connectivity index (χ4n) is 1.62. The summed E-state index contributed by atoms with van der Waals surface area (Å²) < 4.78 is 0. The molecule has 0 heterocycles. The summed E-state index contributed by atoms with van der Waals surface area (Å²) in [5.74, 6) is -0.0238. The number of nitrogens with one attached hydrogen (secondary N) is 1. The first-order chi connectivity index (χ1) is 7.61. The van der Waals surface area contributed by atoms with E-state index < -0.39 is 0 Å². The predicted octanol–water partition coefficient (Wildman–Crippen LogP) is 1.06. The second-order valence-electron chi connectivity index (χ2n) is 4.28. The smallest absolute Gasteiger partial charge is 0.223 e. The summed E-state index contributed by atoms with van der Waals surface area (Å²) >= 11 is 0. The Bertz CT molecular complexity index is 183. The minimum absolute atomic E-state index is 0.00292. The van der Waals surface area contributed by atoms with E-state index >= 15 is 0 Å². The first-order valence-electron chi connectivity index (χ1n) is 6.18. The molecule has 0 saturated heterocycles. The van der Waals surface area contributed by atoms with E-state index in [4.69, 9.17) is 5.11 Å². The van der Waals surface area contributed by atoms with Crippen LogP contribution >= 0.6 is 0 Å². The zero-order valence-electron chi connectivity index (χ0n) is 10.4. The molecule has 0 aliphatic carbocycles. The number of aliphatic hydroxyl groups excluding tert-OH is 2. The molecule has 3 N–H and O–H groups in total. The molecule has 0 aromatic carbocycles. The molecule has 0 spiro atoms. The first-order valence-corrected chi connectivity index (χ1v) is 6.18. The topological polar surface area (TPSA) is 69.6 Å². The maximum atomic E-state index is 11.7. The molecule has 0 aromatic rings. The highest BCUT2D eigenvalue weighted by Crippen LogP contribution is 2.16. The van der Waals surface area contributed by atoms with Gasteiger partial charge in [-0.15, -0.1) is 0 Å². The van der Waals surface area contributed by atoms with E-state index in [1.165, 1.54) is 0 Å². The number of amides is 1. The summed E-state index contributed by atoms with van der Waals surface area (Å²) in [4.78, 5) is 11.7. The van der Waals surface area contributed by atoms with Crippen molar-refractivity contribution in [2.24, 2.45) is 5.92 Å². The van der Waals surface area contributed by atoms with Crippen LogP contribution in [0.5, 0.6) is 0 Å². The standard InChI is InChI=1S/C12H25NO3/c1-3-4-5-11(7-6-10(2)15)12(16)13-8-9-14/h10-11,14-15H,3-9H2,1-2H3,(H,13,16). The Morgan fingerprint density at radius 3 is 2.50 bits per heavy atom. The molecular weight excluding hydrogens is 206 g/mol. The van der Waals surface area contributed by atoms with E-state index in [0.717, 1.165) is 25.7 Å². The van der Waals surface area contributed by atoms with Crippen molar-refractivity contribution >= 4 is 5.91 Å². The van der Waals surface area contributed by atoms with Gasteiger partial charge in [0.25, 0.3) is 0 Å². The third-order valence-electron chi connectivity index (χ3n) is 2.62. The van der Waals surface area contributed by atoms with Crippen molar-refractivity contribution in [2.75, 3.05) is 13.2 Å². The molecule has 2 unspecified atom stereocenters. The van der Waals surface area contributed by atoms with Crippen LogP contribution in [-0.2, 0) is 4.79 Å². The molecule has 4 heteroatoms. The van der Waals surface area contributed by atoms with Gasteiger partial charge in [0.05, 0.1) is 12.7 Å². The maximum Gasteiger partial charge on any atom is 0.223 e. The lowest BCUT2D eigenvalue weighted by molar-refractivity contribution is -0.125. The van der Waals surface area contributed by atoms with Gasteiger partial charge in [0.2, 0.25) is 5.91 Å². The highest BCUT2D eigenvalue weighted by molar-refractivity contribution is 5.78. The molecule has 0 aromatic heterocycles. The summed E-state index contributed by atoms with van der Waals surface area (Å²) in [6.45, 7) is 4.12. The van der Waals surface area contributed by atoms with E-state index in [-0.39, 0.29) is 24.5 Å². The maximum absolute atomic E-state index is 11.7. The molecule has 0 saturated carbocycles. The summed E-state index contributed by atoms with van der Waals surface area (Å²) in [6.07, 6.45) is 3.97. The van der Waals surface area contributed by atoms with Gasteiger partial charge in [0.1, 0.15) is 0 Å². The number of carbonyl (C=O) groups excluding carboxylic acids is 1. The molecule has 1 amide bonds. The van der Waals surface area contributed by atoms with Gasteiger partial charge in [-0.25, -0.2) is 0 Å². The van der Waals surface area contributed by atoms with Crippen LogP contribution in [0.1, 0.15) is 46.0 Å². The average molecular weight is 231 g/mol. The molecule has 16 heavy (non-hydrogen) atoms. The lowest BCUT2D eigenvalue weighted by Gasteiger charge is -2.16. The highest BCUT2D eigenvalue weighted by atomic mass is 16.3. The number of carbonyl (C=O) groups is 1. The second kappa shape index (κ2) is 9.60. The molecule has 2 atom stereocenters. The molecule has 0 rings (SSSR count). The lowest BCUT2D eigenvalue weighted by Crippen LogP contribution is -2.33. The monoisotopic (exact) mass is 231 g/mol. The van der Waals surface area contributed by atoms with Crippen molar-refractivity contribution in [2.45, 2.75) is 52.1 Å². The lowest BCUT2D eigenvalue weighted by atomic mass is 9.94. The van der Waals surface area contributed by atoms with E-state index in [2.05, 4.69) is 12.2 Å². The Morgan fingerprint density at radius 1 is 1.31 bits per heavy atom. The average Bonchev–Trinajstić information content (AvgIpc) is 2.25. The van der Waals surface area contributed by atoms with Gasteiger partial charge in [-0.1, -0.05) is 19.8 Å². The fourth-order valence-corrected chi connectivity index (χ4v) is 1.62. The molecule has 0 radical (unpaired) electrons. The summed E-state index contributed by atoms with van der Waals surface area (Å²) in [7, 11) is 0. The van der Waals surface area contributed by atoms with Gasteiger partial charge in [-0.3, -0.25) is 4.79 Å². The molecule has 0 aliphatic heterocycles. The number of hydrogen-bond acceptors (Lipinski definition) is 3. The van der Waals surface area contributed by atoms with E-state index in [1.807, 2.05) is 0 Å². The number of aliphatic hydroxyl groups is 2. The molecule has 0 fully saturated rings. The quantitative estimate of drug-likeness (QED) is 0.556. The third-order valence-corrected chi connectivity index (χ3v) is 2.62. The van der Waals surface area contributed by atoms with Crippen LogP contribution in [0.15, 0.2) is 0 Å². The Morgan fingerprint density at radius 2 is 2.00 bits per heavy atom. The second-order valence-corrected chi connectivity index (χ2v) is 4.28. The normalized spacial score (nSPS) is 14.5. The number of rotatable bonds is 9. The van der Waals surface area contributed by atoms with E-state index in [9.17, 15) is 9.90 Å². The van der Waals surface area contributed by atoms with Crippen LogP contribution in [0.2, 0.25) is 0 Å². The minimum atomic E-state index is -0.352. The largest absolute Gasteiger partial charge is 0.395 e. The Hall–Kier alpha value is -0.610. The zero-order chi connectivity index (χ0) is 12.4. The van der Waals surface area contributed by atoms with Gasteiger partial charge in [0.15, 0.2) is 0 Å². The predicted molar refractivity (Wildman–Crippen MR) is 64.0 cm³/mol. The van der Waals surface area contributed by atoms with Crippen LogP contribution in [0.25, 0.3) is 0 Å². The van der Waals surface area contributed by atoms with Crippen LogP contribution in [0, 0.1) is 5.92 Å². The van der Waals surface area contributed by atoms with Crippen molar-refractivity contribution in [1.29, 1.82) is 0 Å². The Labute approximate surface area is 98.1 Å². The molecule has 4 nitrogen and oxygen atoms in total. The van der Waals surface area contributed by atoms with Crippen molar-refractivity contribution in [3.8, 4) is 0 Å². The minimum Gasteiger partial charge on any atom is -0.395 e. The molecular formula is C12H25NO3. The highest BCUT2D eigenvalue weighted by Gasteiger charge is 2.17. The van der Waals surface area contributed by atoms with Gasteiger partial charge in [-0.2, -0.15) is 0 Å². The van der Waals surface area contributed by atoms with E-state index in [1.54, 1.807) is 6.92 Å². The molecule has 96 valence electrons. The van der Waals surface area contributed by atoms with Crippen LogP contribution in [0.3, 0.4) is 0 Å². The van der Waals surface area contributed by atoms with Gasteiger partial charge >= 0.3 is 0 Å². The Kier molecular flexibility index (Phi) is 9.24. The number of hydrogen-bond donors (Lipinski definition) is 3. The van der Waals surface area contributed by atoms with Gasteiger partial charge in [0, 0.05) is 12.5 Å². The number of unbranched alkanes of at least 4 members (excludes halogenated alkanes) is 1. The van der Waals surface area contributed by atoms with Crippen LogP contribution in [0.4, 0.5) is 0 Å². The van der Waals surface area contributed by atoms with Crippen LogP contribution < -0.4 is 5.32 Å². The summed E-state index contributed by atoms with van der Waals surface area (Å²) in [6, 6.07) is 0. The Balaban J connectivity index is 4.01. The van der Waals surface area contributed by atoms with Crippen LogP contribution in [-0.4, -0.2) is 35.4 Å². The first kappa shape index (κ1) is 15.4. The van der Waals surface area contributed by atoms with Crippen molar-refractivity contribution in [3.05, 3.63) is 0 Å². The summed E-state index contributed by atoms with van der Waals surface area (Å²) in [5.41, 5.74) is 0. The zero-order valence-corrected chi connectivity index (χ0v) is 10.4.